The summed E-state index contributed by atoms with van der Waals surface area (Å²) in [4.78, 5) is 0. The molecule has 2 saturated carbocycles. The molecule has 2 aliphatic carbocycles. The van der Waals surface area contributed by atoms with Crippen molar-refractivity contribution in [2.75, 3.05) is 0 Å². The largest absolute Gasteiger partial charge is 0.328 e. The number of nitrogens with two attached hydrogens (primary N) is 1. The van der Waals surface area contributed by atoms with Gasteiger partial charge in [0.1, 0.15) is 0 Å². The highest BCUT2D eigenvalue weighted by Gasteiger charge is 2.52. The topological polar surface area (TPSA) is 26.0 Å². The van der Waals surface area contributed by atoms with Gasteiger partial charge in [0.2, 0.25) is 0 Å². The molecule has 0 aromatic rings. The summed E-state index contributed by atoms with van der Waals surface area (Å²) in [6, 6.07) is 0.0277. The monoisotopic (exact) mass is 211 g/mol. The highest BCUT2D eigenvalue weighted by molar-refractivity contribution is 5.85. The molecule has 13 heavy (non-hydrogen) atoms. The summed E-state index contributed by atoms with van der Waals surface area (Å²) in [7, 11) is 0. The number of rotatable bonds is 0. The fourth-order valence-electron chi connectivity index (χ4n) is 2.71. The predicted molar refractivity (Wildman–Crippen MR) is 50.2 cm³/mol. The molecule has 0 aromatic carbocycles. The lowest BCUT2D eigenvalue weighted by Crippen LogP contribution is -2.49. The Labute approximate surface area is 83.5 Å². The van der Waals surface area contributed by atoms with Gasteiger partial charge in [-0.2, -0.15) is 0 Å². The number of halogens is 3. The van der Waals surface area contributed by atoms with Crippen molar-refractivity contribution >= 4 is 12.4 Å². The van der Waals surface area contributed by atoms with Gasteiger partial charge < -0.3 is 5.73 Å². The van der Waals surface area contributed by atoms with E-state index in [2.05, 4.69) is 0 Å². The number of fused-ring (bicyclic) bond motifs is 2. The number of hydrogen-bond donors (Lipinski definition) is 1. The molecule has 0 amide bonds. The van der Waals surface area contributed by atoms with Crippen LogP contribution in [0.25, 0.3) is 0 Å². The lowest BCUT2D eigenvalue weighted by Gasteiger charge is -2.44. The van der Waals surface area contributed by atoms with Gasteiger partial charge in [-0.25, -0.2) is 8.78 Å². The third kappa shape index (κ3) is 1.82. The van der Waals surface area contributed by atoms with Crippen molar-refractivity contribution in [2.45, 2.75) is 44.1 Å². The van der Waals surface area contributed by atoms with Gasteiger partial charge in [-0.3, -0.25) is 0 Å². The maximum Gasteiger partial charge on any atom is 0.253 e. The summed E-state index contributed by atoms with van der Waals surface area (Å²) in [6.45, 7) is 0. The normalized spacial score (nSPS) is 42.2. The Morgan fingerprint density at radius 2 is 1.54 bits per heavy atom. The Bertz CT molecular complexity index is 170. The van der Waals surface area contributed by atoms with Crippen LogP contribution in [0.15, 0.2) is 0 Å². The van der Waals surface area contributed by atoms with E-state index in [0.717, 1.165) is 6.42 Å². The highest BCUT2D eigenvalue weighted by atomic mass is 35.5. The zero-order chi connectivity index (χ0) is 8.77. The first-order valence-electron chi connectivity index (χ1n) is 4.74. The molecule has 0 aliphatic heterocycles. The Kier molecular flexibility index (Phi) is 3.18. The van der Waals surface area contributed by atoms with Crippen LogP contribution >= 0.6 is 12.4 Å². The van der Waals surface area contributed by atoms with Crippen molar-refractivity contribution < 1.29 is 8.78 Å². The standard InChI is InChI=1S/C9H15F2N.ClH/c10-9(11)6-2-1-3-7(9)5-8(12)4-6;/h6-8H,1-5,12H2;1H. The van der Waals surface area contributed by atoms with Gasteiger partial charge in [-0.05, 0) is 25.7 Å². The third-order valence-corrected chi connectivity index (χ3v) is 3.37. The molecule has 0 radical (unpaired) electrons. The predicted octanol–water partition coefficient (Wildman–Crippen LogP) is 2.58. The molecular weight excluding hydrogens is 196 g/mol. The molecule has 0 heterocycles. The van der Waals surface area contributed by atoms with Crippen LogP contribution in [0.3, 0.4) is 0 Å². The molecule has 2 N–H and O–H groups in total. The van der Waals surface area contributed by atoms with Crippen molar-refractivity contribution in [2.24, 2.45) is 17.6 Å². The Morgan fingerprint density at radius 1 is 1.08 bits per heavy atom. The van der Waals surface area contributed by atoms with Crippen LogP contribution in [0.2, 0.25) is 0 Å². The minimum Gasteiger partial charge on any atom is -0.328 e. The van der Waals surface area contributed by atoms with Gasteiger partial charge in [0.15, 0.2) is 0 Å². The first-order chi connectivity index (χ1) is 5.60. The zero-order valence-corrected chi connectivity index (χ0v) is 8.33. The van der Waals surface area contributed by atoms with Crippen LogP contribution in [0.5, 0.6) is 0 Å². The van der Waals surface area contributed by atoms with Crippen LogP contribution in [0.4, 0.5) is 8.78 Å². The van der Waals surface area contributed by atoms with E-state index in [-0.39, 0.29) is 18.4 Å². The summed E-state index contributed by atoms with van der Waals surface area (Å²) < 4.78 is 26.9. The van der Waals surface area contributed by atoms with Gasteiger partial charge in [-0.15, -0.1) is 12.4 Å². The fraction of sp³-hybridized carbons (Fsp3) is 1.00. The molecule has 2 atom stereocenters. The van der Waals surface area contributed by atoms with E-state index in [1.807, 2.05) is 0 Å². The summed E-state index contributed by atoms with van der Waals surface area (Å²) in [5, 5.41) is 0. The maximum atomic E-state index is 13.4. The number of hydrogen-bond acceptors (Lipinski definition) is 1. The van der Waals surface area contributed by atoms with Gasteiger partial charge in [-0.1, -0.05) is 6.42 Å². The molecule has 78 valence electrons. The average molecular weight is 212 g/mol. The lowest BCUT2D eigenvalue weighted by atomic mass is 9.67. The van der Waals surface area contributed by atoms with Gasteiger partial charge in [0, 0.05) is 17.9 Å². The van der Waals surface area contributed by atoms with Gasteiger partial charge in [0.25, 0.3) is 5.92 Å². The van der Waals surface area contributed by atoms with Crippen molar-refractivity contribution in [3.63, 3.8) is 0 Å². The van der Waals surface area contributed by atoms with Crippen molar-refractivity contribution in [3.05, 3.63) is 0 Å². The molecule has 2 unspecified atom stereocenters. The van der Waals surface area contributed by atoms with Crippen LogP contribution in [0, 0.1) is 11.8 Å². The molecule has 4 heteroatoms. The Hall–Kier alpha value is 0.110. The van der Waals surface area contributed by atoms with E-state index in [0.29, 0.717) is 25.7 Å². The lowest BCUT2D eigenvalue weighted by molar-refractivity contribution is -0.157. The van der Waals surface area contributed by atoms with Crippen molar-refractivity contribution in [1.29, 1.82) is 0 Å². The smallest absolute Gasteiger partial charge is 0.253 e. The summed E-state index contributed by atoms with van der Waals surface area (Å²) >= 11 is 0. The second-order valence-electron chi connectivity index (χ2n) is 4.23. The fourth-order valence-corrected chi connectivity index (χ4v) is 2.71. The van der Waals surface area contributed by atoms with Crippen molar-refractivity contribution in [3.8, 4) is 0 Å². The van der Waals surface area contributed by atoms with Crippen LogP contribution < -0.4 is 5.73 Å². The minimum atomic E-state index is -2.41. The molecule has 1 nitrogen and oxygen atoms in total. The van der Waals surface area contributed by atoms with E-state index in [1.165, 1.54) is 0 Å². The van der Waals surface area contributed by atoms with E-state index in [9.17, 15) is 8.78 Å². The summed E-state index contributed by atoms with van der Waals surface area (Å²) in [5.41, 5.74) is 5.71. The zero-order valence-electron chi connectivity index (χ0n) is 7.51. The van der Waals surface area contributed by atoms with Crippen molar-refractivity contribution in [1.82, 2.24) is 0 Å². The first kappa shape index (κ1) is 11.2. The van der Waals surface area contributed by atoms with Crippen LogP contribution in [-0.2, 0) is 0 Å². The molecule has 0 aromatic heterocycles. The molecule has 2 bridgehead atoms. The van der Waals surface area contributed by atoms with E-state index in [4.69, 9.17) is 5.73 Å². The van der Waals surface area contributed by atoms with E-state index >= 15 is 0 Å². The van der Waals surface area contributed by atoms with E-state index < -0.39 is 17.8 Å². The second-order valence-corrected chi connectivity index (χ2v) is 4.23. The summed E-state index contributed by atoms with van der Waals surface area (Å²) in [5.74, 6) is -3.24. The molecule has 2 fully saturated rings. The minimum absolute atomic E-state index is 0. The van der Waals surface area contributed by atoms with E-state index in [1.54, 1.807) is 0 Å². The molecule has 0 saturated heterocycles. The SMILES string of the molecule is Cl.NC1CC2CCCC(C1)C2(F)F. The molecule has 0 spiro atoms. The summed E-state index contributed by atoms with van der Waals surface area (Å²) in [6.07, 6.45) is 3.39. The second kappa shape index (κ2) is 3.70. The molecule has 2 aliphatic rings. The molecular formula is C9H16ClF2N. The van der Waals surface area contributed by atoms with Crippen LogP contribution in [0.1, 0.15) is 32.1 Å². The first-order valence-corrected chi connectivity index (χ1v) is 4.74. The van der Waals surface area contributed by atoms with Gasteiger partial charge in [0.05, 0.1) is 0 Å². The maximum absolute atomic E-state index is 13.4. The average Bonchev–Trinajstić information content (AvgIpc) is 1.92. The Morgan fingerprint density at radius 3 is 2.00 bits per heavy atom. The van der Waals surface area contributed by atoms with Gasteiger partial charge >= 0.3 is 0 Å². The molecule has 2 rings (SSSR count). The Balaban J connectivity index is 0.000000845. The third-order valence-electron chi connectivity index (χ3n) is 3.37. The number of alkyl halides is 2. The quantitative estimate of drug-likeness (QED) is 0.655. The highest BCUT2D eigenvalue weighted by Crippen LogP contribution is 2.50. The van der Waals surface area contributed by atoms with Crippen LogP contribution in [-0.4, -0.2) is 12.0 Å².